The van der Waals surface area contributed by atoms with Crippen molar-refractivity contribution in [1.82, 2.24) is 0 Å². The summed E-state index contributed by atoms with van der Waals surface area (Å²) in [4.78, 5) is 12.5. The maximum Gasteiger partial charge on any atom is 0.343 e. The van der Waals surface area contributed by atoms with E-state index in [1.807, 2.05) is 67.6 Å². The second-order valence-corrected chi connectivity index (χ2v) is 6.70. The third-order valence-corrected chi connectivity index (χ3v) is 4.97. The summed E-state index contributed by atoms with van der Waals surface area (Å²) in [5, 5.41) is 2.13. The van der Waals surface area contributed by atoms with Gasteiger partial charge in [0.1, 0.15) is 11.5 Å². The van der Waals surface area contributed by atoms with Crippen LogP contribution in [0.2, 0.25) is 0 Å². The molecular weight excluding hydrogens is 336 g/mol. The molecule has 0 saturated carbocycles. The van der Waals surface area contributed by atoms with Gasteiger partial charge >= 0.3 is 5.97 Å². The van der Waals surface area contributed by atoms with Crippen molar-refractivity contribution in [3.63, 3.8) is 0 Å². The van der Waals surface area contributed by atoms with Crippen LogP contribution in [0.3, 0.4) is 0 Å². The van der Waals surface area contributed by atoms with Gasteiger partial charge in [-0.25, -0.2) is 4.79 Å². The second-order valence-electron chi connectivity index (χ2n) is 6.70. The van der Waals surface area contributed by atoms with Crippen LogP contribution < -0.4 is 4.74 Å². The molecule has 0 radical (unpaired) electrons. The van der Waals surface area contributed by atoms with E-state index in [-0.39, 0.29) is 5.97 Å². The Hall–Kier alpha value is -3.33. The van der Waals surface area contributed by atoms with Crippen molar-refractivity contribution in [3.05, 3.63) is 88.5 Å². The van der Waals surface area contributed by atoms with Crippen LogP contribution in [0, 0.1) is 13.8 Å². The number of cyclic esters (lactones) is 1. The highest BCUT2D eigenvalue weighted by molar-refractivity contribution is 6.07. The quantitative estimate of drug-likeness (QED) is 0.463. The van der Waals surface area contributed by atoms with Gasteiger partial charge in [-0.1, -0.05) is 42.5 Å². The predicted molar refractivity (Wildman–Crippen MR) is 108 cm³/mol. The van der Waals surface area contributed by atoms with E-state index in [0.717, 1.165) is 33.2 Å². The molecule has 3 aromatic rings. The largest absolute Gasteiger partial charge is 0.496 e. The summed E-state index contributed by atoms with van der Waals surface area (Å²) >= 11 is 0. The van der Waals surface area contributed by atoms with E-state index in [1.54, 1.807) is 13.2 Å². The molecule has 0 atom stereocenters. The van der Waals surface area contributed by atoms with Crippen LogP contribution in [0.5, 0.6) is 5.75 Å². The van der Waals surface area contributed by atoms with Gasteiger partial charge in [0.2, 0.25) is 0 Å². The molecule has 0 spiro atoms. The second kappa shape index (κ2) is 6.76. The number of carbonyl (C=O) groups is 1. The fourth-order valence-corrected chi connectivity index (χ4v) is 3.28. The van der Waals surface area contributed by atoms with E-state index in [0.29, 0.717) is 11.3 Å². The smallest absolute Gasteiger partial charge is 0.343 e. The molecule has 0 N–H and O–H groups in total. The number of aryl methyl sites for hydroxylation is 2. The van der Waals surface area contributed by atoms with E-state index < -0.39 is 0 Å². The van der Waals surface area contributed by atoms with E-state index in [2.05, 4.69) is 6.92 Å². The standard InChI is InChI=1S/C24H20O3/c1-15-8-9-18(12-16(15)2)23-14-19(24(25)27-23)13-21-20-7-5-4-6-17(20)10-11-22(21)26-3/h4-14H,1-3H3/b19-13+. The fraction of sp³-hybridized carbons (Fsp3) is 0.125. The van der Waals surface area contributed by atoms with Crippen LogP contribution in [-0.2, 0) is 9.53 Å². The van der Waals surface area contributed by atoms with E-state index >= 15 is 0 Å². The average molecular weight is 356 g/mol. The Morgan fingerprint density at radius 2 is 1.78 bits per heavy atom. The highest BCUT2D eigenvalue weighted by atomic mass is 16.5. The van der Waals surface area contributed by atoms with Crippen molar-refractivity contribution in [2.45, 2.75) is 13.8 Å². The first-order chi connectivity index (χ1) is 13.1. The van der Waals surface area contributed by atoms with Gasteiger partial charge in [-0.2, -0.15) is 0 Å². The average Bonchev–Trinajstić information content (AvgIpc) is 3.05. The van der Waals surface area contributed by atoms with Crippen molar-refractivity contribution >= 4 is 28.6 Å². The zero-order valence-corrected chi connectivity index (χ0v) is 15.6. The molecule has 27 heavy (non-hydrogen) atoms. The maximum atomic E-state index is 12.5. The van der Waals surface area contributed by atoms with Crippen LogP contribution in [0.4, 0.5) is 0 Å². The lowest BCUT2D eigenvalue weighted by molar-refractivity contribution is -0.130. The summed E-state index contributed by atoms with van der Waals surface area (Å²) in [6.45, 7) is 4.11. The van der Waals surface area contributed by atoms with Gasteiger partial charge in [0.25, 0.3) is 0 Å². The highest BCUT2D eigenvalue weighted by Crippen LogP contribution is 2.33. The van der Waals surface area contributed by atoms with E-state index in [9.17, 15) is 4.79 Å². The molecule has 1 heterocycles. The summed E-state index contributed by atoms with van der Waals surface area (Å²) in [6.07, 6.45) is 3.64. The van der Waals surface area contributed by atoms with Crippen LogP contribution in [0.1, 0.15) is 22.3 Å². The molecule has 3 aromatic carbocycles. The molecule has 3 nitrogen and oxygen atoms in total. The zero-order valence-electron chi connectivity index (χ0n) is 15.6. The summed E-state index contributed by atoms with van der Waals surface area (Å²) in [5.41, 5.74) is 4.66. The number of ether oxygens (including phenoxy) is 2. The number of rotatable bonds is 3. The normalized spacial score (nSPS) is 15.1. The SMILES string of the molecule is COc1ccc2ccccc2c1/C=C1\C=C(c2ccc(C)c(C)c2)OC1=O. The van der Waals surface area contributed by atoms with Crippen molar-refractivity contribution in [2.75, 3.05) is 7.11 Å². The summed E-state index contributed by atoms with van der Waals surface area (Å²) in [6, 6.07) is 18.0. The molecule has 1 aliphatic heterocycles. The maximum absolute atomic E-state index is 12.5. The van der Waals surface area contributed by atoms with Gasteiger partial charge in [0, 0.05) is 11.1 Å². The topological polar surface area (TPSA) is 35.5 Å². The number of hydrogen-bond donors (Lipinski definition) is 0. The Morgan fingerprint density at radius 1 is 0.963 bits per heavy atom. The fourth-order valence-electron chi connectivity index (χ4n) is 3.28. The first-order valence-electron chi connectivity index (χ1n) is 8.86. The molecule has 0 fully saturated rings. The van der Waals surface area contributed by atoms with Gasteiger partial charge in [-0.05, 0) is 60.0 Å². The lowest BCUT2D eigenvalue weighted by atomic mass is 10.0. The molecule has 0 amide bonds. The van der Waals surface area contributed by atoms with E-state index in [1.165, 1.54) is 5.56 Å². The number of carbonyl (C=O) groups excluding carboxylic acids is 1. The third-order valence-electron chi connectivity index (χ3n) is 4.97. The third kappa shape index (κ3) is 3.13. The summed E-state index contributed by atoms with van der Waals surface area (Å²) in [7, 11) is 1.63. The monoisotopic (exact) mass is 356 g/mol. The highest BCUT2D eigenvalue weighted by Gasteiger charge is 2.23. The Balaban J connectivity index is 1.82. The van der Waals surface area contributed by atoms with Gasteiger partial charge < -0.3 is 9.47 Å². The van der Waals surface area contributed by atoms with Crippen LogP contribution in [0.25, 0.3) is 22.6 Å². The lowest BCUT2D eigenvalue weighted by Gasteiger charge is -2.09. The molecule has 0 bridgehead atoms. The summed E-state index contributed by atoms with van der Waals surface area (Å²) < 4.78 is 11.0. The first kappa shape index (κ1) is 17.1. The zero-order chi connectivity index (χ0) is 19.0. The van der Waals surface area contributed by atoms with Gasteiger partial charge in [0.15, 0.2) is 0 Å². The molecule has 0 saturated heterocycles. The van der Waals surface area contributed by atoms with Crippen LogP contribution >= 0.6 is 0 Å². The van der Waals surface area contributed by atoms with Crippen molar-refractivity contribution in [1.29, 1.82) is 0 Å². The van der Waals surface area contributed by atoms with Gasteiger partial charge in [0.05, 0.1) is 12.7 Å². The minimum atomic E-state index is -0.349. The molecule has 0 aromatic heterocycles. The summed E-state index contributed by atoms with van der Waals surface area (Å²) in [5.74, 6) is 0.953. The predicted octanol–water partition coefficient (Wildman–Crippen LogP) is 5.45. The minimum Gasteiger partial charge on any atom is -0.496 e. The van der Waals surface area contributed by atoms with Crippen molar-refractivity contribution in [3.8, 4) is 5.75 Å². The Labute approximate surface area is 158 Å². The molecule has 134 valence electrons. The molecule has 4 rings (SSSR count). The number of fused-ring (bicyclic) bond motifs is 1. The van der Waals surface area contributed by atoms with Crippen LogP contribution in [-0.4, -0.2) is 13.1 Å². The Morgan fingerprint density at radius 3 is 2.56 bits per heavy atom. The number of hydrogen-bond acceptors (Lipinski definition) is 3. The first-order valence-corrected chi connectivity index (χ1v) is 8.86. The number of esters is 1. The van der Waals surface area contributed by atoms with Gasteiger partial charge in [-0.3, -0.25) is 0 Å². The molecular formula is C24H20O3. The molecule has 1 aliphatic rings. The van der Waals surface area contributed by atoms with Crippen molar-refractivity contribution < 1.29 is 14.3 Å². The molecule has 0 unspecified atom stereocenters. The lowest BCUT2D eigenvalue weighted by Crippen LogP contribution is -1.98. The number of methoxy groups -OCH3 is 1. The van der Waals surface area contributed by atoms with Gasteiger partial charge in [-0.15, -0.1) is 0 Å². The Kier molecular flexibility index (Phi) is 4.28. The van der Waals surface area contributed by atoms with Crippen molar-refractivity contribution in [2.24, 2.45) is 0 Å². The molecule has 0 aliphatic carbocycles. The minimum absolute atomic E-state index is 0.349. The molecule has 3 heteroatoms. The Bertz CT molecular complexity index is 1120. The van der Waals surface area contributed by atoms with Crippen LogP contribution in [0.15, 0.2) is 66.2 Å². The van der Waals surface area contributed by atoms with E-state index in [4.69, 9.17) is 9.47 Å². The number of benzene rings is 3.